The van der Waals surface area contributed by atoms with Crippen LogP contribution in [0.3, 0.4) is 0 Å². The predicted molar refractivity (Wildman–Crippen MR) is 220 cm³/mol. The second-order valence-corrected chi connectivity index (χ2v) is 13.3. The monoisotopic (exact) mass is 663 g/mol. The number of rotatable bonds is 6. The minimum atomic E-state index is 0.861. The zero-order chi connectivity index (χ0) is 34.4. The van der Waals surface area contributed by atoms with Crippen LogP contribution in [0, 0.1) is 0 Å². The maximum Gasteiger partial charge on any atom is 0.137 e. The number of nitrogens with zero attached hydrogens (tertiary/aromatic N) is 1. The molecule has 244 valence electrons. The summed E-state index contributed by atoms with van der Waals surface area (Å²) in [4.78, 5) is 2.37. The molecule has 0 saturated heterocycles. The van der Waals surface area contributed by atoms with Gasteiger partial charge in [-0.1, -0.05) is 152 Å². The molecular weight excluding hydrogens is 631 g/mol. The molecule has 0 N–H and O–H groups in total. The maximum absolute atomic E-state index is 6.80. The molecule has 1 aromatic heterocycles. The van der Waals surface area contributed by atoms with E-state index in [0.717, 1.165) is 39.0 Å². The van der Waals surface area contributed by atoms with E-state index in [9.17, 15) is 0 Å². The van der Waals surface area contributed by atoms with Gasteiger partial charge in [-0.2, -0.15) is 0 Å². The van der Waals surface area contributed by atoms with Crippen molar-refractivity contribution in [2.24, 2.45) is 0 Å². The normalized spacial score (nSPS) is 11.5. The average Bonchev–Trinajstić information content (AvgIpc) is 3.61. The van der Waals surface area contributed by atoms with E-state index < -0.39 is 0 Å². The Kier molecular flexibility index (Phi) is 7.18. The first-order valence-corrected chi connectivity index (χ1v) is 17.8. The third-order valence-corrected chi connectivity index (χ3v) is 10.2. The van der Waals surface area contributed by atoms with Crippen LogP contribution in [-0.2, 0) is 0 Å². The lowest BCUT2D eigenvalue weighted by Crippen LogP contribution is -2.10. The fourth-order valence-electron chi connectivity index (χ4n) is 7.74. The smallest absolute Gasteiger partial charge is 0.137 e. The van der Waals surface area contributed by atoms with Crippen molar-refractivity contribution in [2.45, 2.75) is 0 Å². The molecule has 1 heterocycles. The van der Waals surface area contributed by atoms with E-state index in [1.165, 1.54) is 54.9 Å². The first-order chi connectivity index (χ1) is 25.8. The van der Waals surface area contributed by atoms with E-state index in [0.29, 0.717) is 0 Å². The number of benzene rings is 9. The summed E-state index contributed by atoms with van der Waals surface area (Å²) >= 11 is 0. The lowest BCUT2D eigenvalue weighted by atomic mass is 9.93. The summed E-state index contributed by atoms with van der Waals surface area (Å²) in [5, 5.41) is 7.06. The van der Waals surface area contributed by atoms with Crippen LogP contribution < -0.4 is 4.90 Å². The summed E-state index contributed by atoms with van der Waals surface area (Å²) < 4.78 is 6.80. The quantitative estimate of drug-likeness (QED) is 0.176. The Morgan fingerprint density at radius 2 is 0.865 bits per heavy atom. The van der Waals surface area contributed by atoms with Crippen LogP contribution in [0.5, 0.6) is 0 Å². The van der Waals surface area contributed by atoms with Gasteiger partial charge in [0.2, 0.25) is 0 Å². The van der Waals surface area contributed by atoms with E-state index in [4.69, 9.17) is 4.42 Å². The number of hydrogen-bond donors (Lipinski definition) is 0. The molecule has 0 aliphatic heterocycles. The summed E-state index contributed by atoms with van der Waals surface area (Å²) in [6, 6.07) is 71.5. The highest BCUT2D eigenvalue weighted by Gasteiger charge is 2.22. The van der Waals surface area contributed by atoms with Gasteiger partial charge in [-0.25, -0.2) is 0 Å². The highest BCUT2D eigenvalue weighted by Crippen LogP contribution is 2.47. The molecule has 0 fully saturated rings. The predicted octanol–water partition coefficient (Wildman–Crippen LogP) is 14.4. The molecule has 0 atom stereocenters. The van der Waals surface area contributed by atoms with Gasteiger partial charge < -0.3 is 9.32 Å². The molecule has 0 saturated carbocycles. The number of hydrogen-bond acceptors (Lipinski definition) is 2. The fraction of sp³-hybridized carbons (Fsp3) is 0. The van der Waals surface area contributed by atoms with Gasteiger partial charge in [0.1, 0.15) is 11.2 Å². The van der Waals surface area contributed by atoms with Gasteiger partial charge in [-0.15, -0.1) is 0 Å². The number of fused-ring (bicyclic) bond motifs is 6. The van der Waals surface area contributed by atoms with Crippen molar-refractivity contribution in [1.82, 2.24) is 0 Å². The van der Waals surface area contributed by atoms with Crippen molar-refractivity contribution < 1.29 is 4.42 Å². The Morgan fingerprint density at radius 3 is 1.52 bits per heavy atom. The van der Waals surface area contributed by atoms with Gasteiger partial charge >= 0.3 is 0 Å². The Bertz CT molecular complexity index is 2790. The molecular formula is C50H33NO. The topological polar surface area (TPSA) is 16.4 Å². The molecule has 2 nitrogen and oxygen atoms in total. The van der Waals surface area contributed by atoms with Crippen molar-refractivity contribution >= 4 is 60.5 Å². The zero-order valence-electron chi connectivity index (χ0n) is 28.4. The van der Waals surface area contributed by atoms with Gasteiger partial charge in [0.25, 0.3) is 0 Å². The lowest BCUT2D eigenvalue weighted by Gasteiger charge is -2.27. The molecule has 0 bridgehead atoms. The Labute approximate surface area is 302 Å². The summed E-state index contributed by atoms with van der Waals surface area (Å²) in [5.74, 6) is 0. The maximum atomic E-state index is 6.80. The minimum Gasteiger partial charge on any atom is -0.456 e. The first kappa shape index (κ1) is 30.0. The average molecular weight is 664 g/mol. The summed E-state index contributed by atoms with van der Waals surface area (Å²) in [6.45, 7) is 0. The molecule has 0 amide bonds. The molecule has 9 aromatic carbocycles. The number of furan rings is 1. The van der Waals surface area contributed by atoms with Crippen molar-refractivity contribution in [3.8, 4) is 33.4 Å². The fourth-order valence-corrected chi connectivity index (χ4v) is 7.74. The summed E-state index contributed by atoms with van der Waals surface area (Å²) in [6.07, 6.45) is 0. The largest absolute Gasteiger partial charge is 0.456 e. The molecule has 2 heteroatoms. The van der Waals surface area contributed by atoms with Crippen LogP contribution in [0.15, 0.2) is 205 Å². The highest BCUT2D eigenvalue weighted by molar-refractivity contribution is 6.25. The van der Waals surface area contributed by atoms with Crippen LogP contribution in [0.2, 0.25) is 0 Å². The lowest BCUT2D eigenvalue weighted by molar-refractivity contribution is 0.669. The van der Waals surface area contributed by atoms with Crippen molar-refractivity contribution in [3.63, 3.8) is 0 Å². The Morgan fingerprint density at radius 1 is 0.327 bits per heavy atom. The van der Waals surface area contributed by atoms with Crippen molar-refractivity contribution in [3.05, 3.63) is 200 Å². The second kappa shape index (κ2) is 12.5. The Hall–Kier alpha value is -6.90. The first-order valence-electron chi connectivity index (χ1n) is 17.8. The highest BCUT2D eigenvalue weighted by atomic mass is 16.3. The van der Waals surface area contributed by atoms with Crippen LogP contribution in [0.25, 0.3) is 76.9 Å². The third kappa shape index (κ3) is 5.12. The second-order valence-electron chi connectivity index (χ2n) is 13.3. The van der Waals surface area contributed by atoms with E-state index >= 15 is 0 Å². The summed E-state index contributed by atoms with van der Waals surface area (Å²) in [5.41, 5.74) is 12.1. The zero-order valence-corrected chi connectivity index (χ0v) is 28.4. The van der Waals surface area contributed by atoms with Crippen molar-refractivity contribution in [2.75, 3.05) is 4.90 Å². The van der Waals surface area contributed by atoms with Crippen LogP contribution in [0.4, 0.5) is 17.1 Å². The minimum absolute atomic E-state index is 0.861. The van der Waals surface area contributed by atoms with E-state index in [1.54, 1.807) is 0 Å². The Balaban J connectivity index is 1.19. The van der Waals surface area contributed by atoms with E-state index in [2.05, 4.69) is 205 Å². The van der Waals surface area contributed by atoms with Gasteiger partial charge in [0.05, 0.1) is 11.1 Å². The van der Waals surface area contributed by atoms with Gasteiger partial charge in [0, 0.05) is 16.8 Å². The van der Waals surface area contributed by atoms with Crippen LogP contribution >= 0.6 is 0 Å². The van der Waals surface area contributed by atoms with Gasteiger partial charge in [-0.3, -0.25) is 0 Å². The van der Waals surface area contributed by atoms with Crippen molar-refractivity contribution in [1.29, 1.82) is 0 Å². The SMILES string of the molecule is c1ccc(-c2ccc(N(c3ccc(-c4ccccc4)cc3)c3cccc4oc5cc(-c6ccc7ccccc7c6)c6ccccc6c5c34)cc2)cc1. The molecule has 0 spiro atoms. The number of anilines is 3. The standard InChI is InChI=1S/C50H33NO/c1-3-12-34(13-4-1)37-24-28-41(29-25-37)51(42-30-26-38(27-31-42)35-14-5-2-6-15-35)46-20-11-21-47-50(46)49-44-19-10-9-18-43(44)45(33-48(49)52-47)40-23-22-36-16-7-8-17-39(36)32-40/h1-33H. The third-order valence-electron chi connectivity index (χ3n) is 10.2. The van der Waals surface area contributed by atoms with Crippen LogP contribution in [0.1, 0.15) is 0 Å². The van der Waals surface area contributed by atoms with Gasteiger partial charge in [0.15, 0.2) is 0 Å². The molecule has 10 rings (SSSR count). The molecule has 0 unspecified atom stereocenters. The van der Waals surface area contributed by atoms with E-state index in [1.807, 2.05) is 0 Å². The van der Waals surface area contributed by atoms with Gasteiger partial charge in [-0.05, 0) is 103 Å². The molecule has 0 aliphatic rings. The van der Waals surface area contributed by atoms with E-state index in [-0.39, 0.29) is 0 Å². The van der Waals surface area contributed by atoms with Crippen LogP contribution in [-0.4, -0.2) is 0 Å². The summed E-state index contributed by atoms with van der Waals surface area (Å²) in [7, 11) is 0. The molecule has 0 aliphatic carbocycles. The molecule has 52 heavy (non-hydrogen) atoms. The molecule has 0 radical (unpaired) electrons. The molecule has 10 aromatic rings.